The van der Waals surface area contributed by atoms with Crippen LogP contribution in [0, 0.1) is 0 Å². The summed E-state index contributed by atoms with van der Waals surface area (Å²) in [5.41, 5.74) is 0. The van der Waals surface area contributed by atoms with Crippen LogP contribution in [-0.4, -0.2) is 68.4 Å². The van der Waals surface area contributed by atoms with Crippen LogP contribution in [0.3, 0.4) is 0 Å². The minimum absolute atomic E-state index is 0.00567. The number of phosphoric acid groups is 1. The minimum atomic E-state index is -4.17. The predicted octanol–water partition coefficient (Wildman–Crippen LogP) is 2.79. The smallest absolute Gasteiger partial charge is 0.462 e. The van der Waals surface area contributed by atoms with Gasteiger partial charge in [0, 0.05) is 25.0 Å². The van der Waals surface area contributed by atoms with E-state index in [0.717, 1.165) is 12.2 Å². The van der Waals surface area contributed by atoms with Crippen LogP contribution in [0.4, 0.5) is 0 Å². The molecule has 0 saturated heterocycles. The largest absolute Gasteiger partial charge is 0.472 e. The van der Waals surface area contributed by atoms with Crippen LogP contribution in [0.25, 0.3) is 0 Å². The van der Waals surface area contributed by atoms with E-state index < -0.39 is 31.7 Å². The Kier molecular flexibility index (Phi) is 19.3. The van der Waals surface area contributed by atoms with Gasteiger partial charge >= 0.3 is 31.7 Å². The van der Waals surface area contributed by atoms with Gasteiger partial charge in [0.25, 0.3) is 0 Å². The Balaban J connectivity index is 3.60. The van der Waals surface area contributed by atoms with E-state index in [-0.39, 0.29) is 52.5 Å². The minimum Gasteiger partial charge on any atom is -0.462 e. The summed E-state index contributed by atoms with van der Waals surface area (Å²) >= 11 is 0. The van der Waals surface area contributed by atoms with Gasteiger partial charge in [-0.25, -0.2) is 14.2 Å². The molecule has 0 spiro atoms. The second-order valence-electron chi connectivity index (χ2n) is 6.94. The quantitative estimate of drug-likeness (QED) is 0.0729. The predicted molar refractivity (Wildman–Crippen MR) is 123 cm³/mol. The van der Waals surface area contributed by atoms with E-state index in [1.54, 1.807) is 0 Å². The van der Waals surface area contributed by atoms with Crippen LogP contribution in [0.2, 0.25) is 0 Å². The number of ether oxygens (including phenoxy) is 4. The first-order chi connectivity index (χ1) is 16.7. The SMILES string of the molecule is C=CC(=O)OCCOC(=O)CCCCCOP(=O)(O)OCCCCCC(=O)OCCOC(=O)C=C. The fourth-order valence-corrected chi connectivity index (χ4v) is 3.15. The van der Waals surface area contributed by atoms with Crippen molar-refractivity contribution in [2.45, 2.75) is 51.4 Å². The fraction of sp³-hybridized carbons (Fsp3) is 0.636. The third kappa shape index (κ3) is 21.7. The lowest BCUT2D eigenvalue weighted by Crippen LogP contribution is -2.12. The zero-order chi connectivity index (χ0) is 26.4. The summed E-state index contributed by atoms with van der Waals surface area (Å²) in [7, 11) is -4.17. The molecule has 0 aliphatic rings. The molecule has 0 aromatic rings. The Morgan fingerprint density at radius 3 is 1.34 bits per heavy atom. The van der Waals surface area contributed by atoms with Gasteiger partial charge in [0.1, 0.15) is 26.4 Å². The molecule has 12 nitrogen and oxygen atoms in total. The zero-order valence-corrected chi connectivity index (χ0v) is 20.7. The summed E-state index contributed by atoms with van der Waals surface area (Å²) in [4.78, 5) is 54.3. The highest BCUT2D eigenvalue weighted by atomic mass is 31.2. The first-order valence-electron chi connectivity index (χ1n) is 11.2. The van der Waals surface area contributed by atoms with Crippen molar-refractivity contribution < 1.29 is 56.6 Å². The maximum absolute atomic E-state index is 11.8. The monoisotopic (exact) mass is 522 g/mol. The number of phosphoric ester groups is 1. The third-order valence-electron chi connectivity index (χ3n) is 4.07. The molecule has 0 atom stereocenters. The molecule has 0 radical (unpaired) electrons. The number of rotatable bonds is 22. The Hall–Kier alpha value is -2.53. The van der Waals surface area contributed by atoms with E-state index in [1.165, 1.54) is 0 Å². The lowest BCUT2D eigenvalue weighted by Gasteiger charge is -2.12. The van der Waals surface area contributed by atoms with Gasteiger partial charge < -0.3 is 23.8 Å². The summed E-state index contributed by atoms with van der Waals surface area (Å²) in [5.74, 6) is -2.04. The molecule has 0 aromatic carbocycles. The fourth-order valence-electron chi connectivity index (χ4n) is 2.35. The van der Waals surface area contributed by atoms with Gasteiger partial charge in [0.05, 0.1) is 13.2 Å². The Morgan fingerprint density at radius 2 is 0.971 bits per heavy atom. The van der Waals surface area contributed by atoms with Crippen LogP contribution in [0.1, 0.15) is 51.4 Å². The van der Waals surface area contributed by atoms with E-state index in [2.05, 4.69) is 22.6 Å². The first-order valence-corrected chi connectivity index (χ1v) is 12.7. The molecule has 0 rings (SSSR count). The lowest BCUT2D eigenvalue weighted by atomic mass is 10.2. The third-order valence-corrected chi connectivity index (χ3v) is 5.09. The molecule has 13 heteroatoms. The molecular formula is C22H35O12P. The number of carbonyl (C=O) groups is 4. The van der Waals surface area contributed by atoms with Crippen molar-refractivity contribution in [3.8, 4) is 0 Å². The number of hydrogen-bond donors (Lipinski definition) is 1. The highest BCUT2D eigenvalue weighted by Gasteiger charge is 2.20. The van der Waals surface area contributed by atoms with Crippen molar-refractivity contribution in [3.63, 3.8) is 0 Å². The molecule has 0 unspecified atom stereocenters. The molecule has 35 heavy (non-hydrogen) atoms. The molecule has 0 fully saturated rings. The van der Waals surface area contributed by atoms with Crippen LogP contribution < -0.4 is 0 Å². The highest BCUT2D eigenvalue weighted by molar-refractivity contribution is 7.47. The van der Waals surface area contributed by atoms with Crippen molar-refractivity contribution >= 4 is 31.7 Å². The van der Waals surface area contributed by atoms with Gasteiger partial charge in [-0.15, -0.1) is 0 Å². The molecule has 200 valence electrons. The van der Waals surface area contributed by atoms with Crippen LogP contribution in [0.15, 0.2) is 25.3 Å². The molecule has 0 aliphatic carbocycles. The Bertz CT molecular complexity index is 665. The van der Waals surface area contributed by atoms with E-state index in [0.29, 0.717) is 38.5 Å². The van der Waals surface area contributed by atoms with Crippen molar-refractivity contribution in [3.05, 3.63) is 25.3 Å². The van der Waals surface area contributed by atoms with E-state index >= 15 is 0 Å². The maximum atomic E-state index is 11.8. The van der Waals surface area contributed by atoms with Crippen molar-refractivity contribution in [2.24, 2.45) is 0 Å². The van der Waals surface area contributed by atoms with Gasteiger partial charge in [-0.1, -0.05) is 26.0 Å². The molecular weight excluding hydrogens is 487 g/mol. The molecule has 0 amide bonds. The van der Waals surface area contributed by atoms with Gasteiger partial charge in [0.2, 0.25) is 0 Å². The number of unbranched alkanes of at least 4 members (excludes halogenated alkanes) is 4. The van der Waals surface area contributed by atoms with Crippen molar-refractivity contribution in [1.82, 2.24) is 0 Å². The summed E-state index contributed by atoms with van der Waals surface area (Å²) in [6.45, 7) is 6.31. The van der Waals surface area contributed by atoms with Gasteiger partial charge in [-0.05, 0) is 25.7 Å². The molecule has 0 aliphatic heterocycles. The summed E-state index contributed by atoms with van der Waals surface area (Å²) in [6.07, 6.45) is 5.43. The number of hydrogen-bond acceptors (Lipinski definition) is 11. The second kappa shape index (κ2) is 20.8. The van der Waals surface area contributed by atoms with E-state index in [9.17, 15) is 28.6 Å². The number of esters is 4. The molecule has 0 bridgehead atoms. The number of carbonyl (C=O) groups excluding carboxylic acids is 4. The van der Waals surface area contributed by atoms with Gasteiger partial charge in [-0.2, -0.15) is 0 Å². The highest BCUT2D eigenvalue weighted by Crippen LogP contribution is 2.43. The Labute approximate surface area is 205 Å². The average Bonchev–Trinajstić information content (AvgIpc) is 2.83. The van der Waals surface area contributed by atoms with Crippen LogP contribution in [0.5, 0.6) is 0 Å². The van der Waals surface area contributed by atoms with Crippen molar-refractivity contribution in [2.75, 3.05) is 39.6 Å². The topological polar surface area (TPSA) is 161 Å². The molecule has 0 saturated carbocycles. The van der Waals surface area contributed by atoms with E-state index in [4.69, 9.17) is 18.5 Å². The summed E-state index contributed by atoms with van der Waals surface area (Å²) in [6, 6.07) is 0. The zero-order valence-electron chi connectivity index (χ0n) is 19.9. The van der Waals surface area contributed by atoms with Gasteiger partial charge in [0.15, 0.2) is 0 Å². The normalized spacial score (nSPS) is 10.8. The standard InChI is InChI=1S/C22H35O12P/c1-3-19(23)29-15-17-31-21(25)11-7-5-9-13-33-35(27,28)34-14-10-6-8-12-22(26)32-18-16-30-20(24)4-2/h3-4H,1-2,5-18H2,(H,27,28). The molecule has 1 N–H and O–H groups in total. The average molecular weight is 522 g/mol. The maximum Gasteiger partial charge on any atom is 0.472 e. The van der Waals surface area contributed by atoms with Crippen LogP contribution >= 0.6 is 7.82 Å². The summed E-state index contributed by atoms with van der Waals surface area (Å²) < 4.78 is 40.7. The summed E-state index contributed by atoms with van der Waals surface area (Å²) in [5, 5.41) is 0. The van der Waals surface area contributed by atoms with Crippen molar-refractivity contribution in [1.29, 1.82) is 0 Å². The van der Waals surface area contributed by atoms with Crippen LogP contribution in [-0.2, 0) is 51.7 Å². The second-order valence-corrected chi connectivity index (χ2v) is 8.39. The Morgan fingerprint density at radius 1 is 0.600 bits per heavy atom. The molecule has 0 aromatic heterocycles. The molecule has 0 heterocycles. The first kappa shape index (κ1) is 32.5. The lowest BCUT2D eigenvalue weighted by molar-refractivity contribution is -0.149. The van der Waals surface area contributed by atoms with Gasteiger partial charge in [-0.3, -0.25) is 18.6 Å². The van der Waals surface area contributed by atoms with E-state index in [1.807, 2.05) is 0 Å².